The van der Waals surface area contributed by atoms with Crippen LogP contribution in [0.15, 0.2) is 17.6 Å². The Morgan fingerprint density at radius 3 is 2.88 bits per heavy atom. The van der Waals surface area contributed by atoms with E-state index in [9.17, 15) is 0 Å². The predicted octanol–water partition coefficient (Wildman–Crippen LogP) is 2.36. The van der Waals surface area contributed by atoms with Gasteiger partial charge in [-0.15, -0.1) is 11.3 Å². The van der Waals surface area contributed by atoms with Gasteiger partial charge in [-0.1, -0.05) is 6.92 Å². The van der Waals surface area contributed by atoms with Crippen LogP contribution in [0.2, 0.25) is 0 Å². The van der Waals surface area contributed by atoms with Crippen LogP contribution in [0.25, 0.3) is 11.3 Å². The molecular weight excluding hydrogens is 222 g/mol. The summed E-state index contributed by atoms with van der Waals surface area (Å²) in [6, 6.07) is 2.04. The number of aryl methyl sites for hydroxylation is 1. The Hall–Kier alpha value is -1.62. The third-order valence-electron chi connectivity index (χ3n) is 2.32. The lowest BCUT2D eigenvalue weighted by Gasteiger charge is -2.06. The van der Waals surface area contributed by atoms with Crippen molar-refractivity contribution in [3.63, 3.8) is 0 Å². The number of pyridine rings is 1. The number of nitrogens with two attached hydrogens (primary N) is 1. The average Bonchev–Trinajstić information content (AvgIpc) is 2.75. The van der Waals surface area contributed by atoms with E-state index >= 15 is 0 Å². The van der Waals surface area contributed by atoms with Gasteiger partial charge in [0.2, 0.25) is 5.88 Å². The molecule has 0 aliphatic carbocycles. The maximum absolute atomic E-state index is 5.60. The summed E-state index contributed by atoms with van der Waals surface area (Å²) in [5.41, 5.74) is 8.53. The van der Waals surface area contributed by atoms with Crippen molar-refractivity contribution in [1.82, 2.24) is 9.97 Å². The zero-order chi connectivity index (χ0) is 11.5. The van der Waals surface area contributed by atoms with E-state index in [1.807, 2.05) is 11.4 Å². The summed E-state index contributed by atoms with van der Waals surface area (Å²) in [7, 11) is 1.63. The van der Waals surface area contributed by atoms with E-state index in [4.69, 9.17) is 10.5 Å². The molecular formula is C11H13N3OS. The first-order valence-electron chi connectivity index (χ1n) is 4.99. The van der Waals surface area contributed by atoms with Crippen molar-refractivity contribution in [1.29, 1.82) is 0 Å². The molecule has 0 aliphatic rings. The van der Waals surface area contributed by atoms with Crippen molar-refractivity contribution in [3.05, 3.63) is 23.2 Å². The number of hydrogen-bond donors (Lipinski definition) is 1. The summed E-state index contributed by atoms with van der Waals surface area (Å²) in [4.78, 5) is 8.48. The van der Waals surface area contributed by atoms with Crippen LogP contribution in [0.1, 0.15) is 12.5 Å². The quantitative estimate of drug-likeness (QED) is 0.887. The van der Waals surface area contributed by atoms with Crippen molar-refractivity contribution in [3.8, 4) is 17.1 Å². The maximum Gasteiger partial charge on any atom is 0.216 e. The van der Waals surface area contributed by atoms with Crippen LogP contribution in [-0.2, 0) is 6.42 Å². The molecule has 0 bridgehead atoms. The first-order valence-corrected chi connectivity index (χ1v) is 5.86. The van der Waals surface area contributed by atoms with Crippen molar-refractivity contribution < 1.29 is 4.74 Å². The minimum atomic E-state index is 0.573. The van der Waals surface area contributed by atoms with E-state index in [-0.39, 0.29) is 0 Å². The summed E-state index contributed by atoms with van der Waals surface area (Å²) < 4.78 is 5.18. The largest absolute Gasteiger partial charge is 0.481 e. The summed E-state index contributed by atoms with van der Waals surface area (Å²) in [6.07, 6.45) is 2.64. The fourth-order valence-electron chi connectivity index (χ4n) is 1.50. The van der Waals surface area contributed by atoms with Crippen LogP contribution in [-0.4, -0.2) is 17.1 Å². The number of aromatic nitrogens is 2. The van der Waals surface area contributed by atoms with E-state index in [0.29, 0.717) is 11.0 Å². The van der Waals surface area contributed by atoms with Crippen LogP contribution < -0.4 is 10.5 Å². The van der Waals surface area contributed by atoms with Crippen molar-refractivity contribution in [2.75, 3.05) is 12.8 Å². The van der Waals surface area contributed by atoms with Gasteiger partial charge in [-0.2, -0.15) is 0 Å². The Morgan fingerprint density at radius 1 is 1.50 bits per heavy atom. The van der Waals surface area contributed by atoms with Crippen LogP contribution in [0.4, 0.5) is 5.13 Å². The van der Waals surface area contributed by atoms with Crippen molar-refractivity contribution in [2.45, 2.75) is 13.3 Å². The van der Waals surface area contributed by atoms with Gasteiger partial charge in [0.15, 0.2) is 5.13 Å². The monoisotopic (exact) mass is 235 g/mol. The van der Waals surface area contributed by atoms with Gasteiger partial charge in [0.05, 0.1) is 12.8 Å². The summed E-state index contributed by atoms with van der Waals surface area (Å²) >= 11 is 1.43. The molecule has 0 atom stereocenters. The molecule has 0 saturated heterocycles. The summed E-state index contributed by atoms with van der Waals surface area (Å²) in [6.45, 7) is 2.07. The van der Waals surface area contributed by atoms with Gasteiger partial charge in [-0.3, -0.25) is 0 Å². The van der Waals surface area contributed by atoms with Crippen LogP contribution in [0.3, 0.4) is 0 Å². The highest BCUT2D eigenvalue weighted by molar-refractivity contribution is 7.13. The molecule has 0 fully saturated rings. The Labute approximate surface area is 98.1 Å². The zero-order valence-electron chi connectivity index (χ0n) is 9.23. The number of rotatable bonds is 3. The number of anilines is 1. The minimum Gasteiger partial charge on any atom is -0.481 e. The molecule has 84 valence electrons. The Kier molecular flexibility index (Phi) is 3.05. The number of methoxy groups -OCH3 is 1. The Balaban J connectivity index is 2.43. The van der Waals surface area contributed by atoms with Crippen LogP contribution >= 0.6 is 11.3 Å². The zero-order valence-corrected chi connectivity index (χ0v) is 10.0. The second kappa shape index (κ2) is 4.49. The van der Waals surface area contributed by atoms with Crippen LogP contribution in [0, 0.1) is 0 Å². The van der Waals surface area contributed by atoms with E-state index in [0.717, 1.165) is 23.2 Å². The van der Waals surface area contributed by atoms with Gasteiger partial charge in [-0.05, 0) is 12.5 Å². The van der Waals surface area contributed by atoms with Gasteiger partial charge in [-0.25, -0.2) is 9.97 Å². The summed E-state index contributed by atoms with van der Waals surface area (Å²) in [5.74, 6) is 0.675. The molecule has 0 aromatic carbocycles. The van der Waals surface area contributed by atoms with Crippen LogP contribution in [0.5, 0.6) is 5.88 Å². The number of hydrogen-bond acceptors (Lipinski definition) is 5. The maximum atomic E-state index is 5.60. The third kappa shape index (κ3) is 1.99. The number of thiazole rings is 1. The molecule has 0 amide bonds. The van der Waals surface area contributed by atoms with Crippen molar-refractivity contribution in [2.24, 2.45) is 0 Å². The lowest BCUT2D eigenvalue weighted by molar-refractivity contribution is 0.393. The molecule has 2 aromatic rings. The number of ether oxygens (including phenoxy) is 1. The second-order valence-corrected chi connectivity index (χ2v) is 4.21. The first kappa shape index (κ1) is 10.9. The Bertz CT molecular complexity index is 496. The van der Waals surface area contributed by atoms with Gasteiger partial charge < -0.3 is 10.5 Å². The molecule has 16 heavy (non-hydrogen) atoms. The highest BCUT2D eigenvalue weighted by Gasteiger charge is 2.08. The minimum absolute atomic E-state index is 0.573. The molecule has 5 heteroatoms. The summed E-state index contributed by atoms with van der Waals surface area (Å²) in [5, 5.41) is 2.50. The molecule has 2 rings (SSSR count). The fraction of sp³-hybridized carbons (Fsp3) is 0.273. The average molecular weight is 235 g/mol. The van der Waals surface area contributed by atoms with Gasteiger partial charge in [0, 0.05) is 22.7 Å². The molecule has 0 radical (unpaired) electrons. The normalized spacial score (nSPS) is 10.4. The topological polar surface area (TPSA) is 61.0 Å². The molecule has 2 N–H and O–H groups in total. The smallest absolute Gasteiger partial charge is 0.216 e. The molecule has 4 nitrogen and oxygen atoms in total. The molecule has 0 unspecified atom stereocenters. The van der Waals surface area contributed by atoms with Gasteiger partial charge in [0.1, 0.15) is 0 Å². The lowest BCUT2D eigenvalue weighted by Crippen LogP contribution is -1.95. The highest BCUT2D eigenvalue weighted by atomic mass is 32.1. The van der Waals surface area contributed by atoms with Gasteiger partial charge >= 0.3 is 0 Å². The Morgan fingerprint density at radius 2 is 2.31 bits per heavy atom. The lowest BCUT2D eigenvalue weighted by atomic mass is 10.1. The van der Waals surface area contributed by atoms with E-state index < -0.39 is 0 Å². The molecule has 2 aromatic heterocycles. The van der Waals surface area contributed by atoms with E-state index in [1.54, 1.807) is 13.3 Å². The molecule has 0 spiro atoms. The number of nitrogens with zero attached hydrogens (tertiary/aromatic N) is 2. The fourth-order valence-corrected chi connectivity index (χ4v) is 2.07. The first-order chi connectivity index (χ1) is 7.74. The molecule has 0 aliphatic heterocycles. The van der Waals surface area contributed by atoms with Gasteiger partial charge in [0.25, 0.3) is 0 Å². The standard InChI is InChI=1S/C11H13N3OS/c1-3-7-4-8(5-13-10(7)15-2)9-6-16-11(12)14-9/h4-6H,3H2,1-2H3,(H2,12,14). The van der Waals surface area contributed by atoms with E-state index in [2.05, 4.69) is 16.9 Å². The molecule has 2 heterocycles. The number of nitrogen functional groups attached to an aromatic ring is 1. The highest BCUT2D eigenvalue weighted by Crippen LogP contribution is 2.26. The second-order valence-electron chi connectivity index (χ2n) is 3.32. The molecule has 0 saturated carbocycles. The van der Waals surface area contributed by atoms with E-state index in [1.165, 1.54) is 11.3 Å². The predicted molar refractivity (Wildman–Crippen MR) is 65.7 cm³/mol. The SMILES string of the molecule is CCc1cc(-c2csc(N)n2)cnc1OC. The van der Waals surface area contributed by atoms with Crippen molar-refractivity contribution >= 4 is 16.5 Å². The third-order valence-corrected chi connectivity index (χ3v) is 2.99.